The fourth-order valence-electron chi connectivity index (χ4n) is 3.42. The summed E-state index contributed by atoms with van der Waals surface area (Å²) in [5.41, 5.74) is 0. The van der Waals surface area contributed by atoms with Gasteiger partial charge in [0.2, 0.25) is 0 Å². The summed E-state index contributed by atoms with van der Waals surface area (Å²) in [6.07, 6.45) is 6.15. The molecular weight excluding hydrogens is 256 g/mol. The molecule has 3 fully saturated rings. The van der Waals surface area contributed by atoms with Crippen molar-refractivity contribution < 1.29 is 14.6 Å². The van der Waals surface area contributed by atoms with Gasteiger partial charge in [-0.3, -0.25) is 9.69 Å². The normalized spacial score (nSPS) is 37.1. The highest BCUT2D eigenvalue weighted by Crippen LogP contribution is 2.34. The van der Waals surface area contributed by atoms with E-state index in [9.17, 15) is 4.79 Å². The average molecular weight is 282 g/mol. The standard InChI is InChI=1S/C15H26N2O3/c1-10-14(4-5-20-10)16-12-6-13(7-12)17(9-15(18)19)8-11-2-3-11/h10-14,16H,2-9H2,1H3,(H,18,19). The minimum absolute atomic E-state index is 0.205. The summed E-state index contributed by atoms with van der Waals surface area (Å²) in [7, 11) is 0. The van der Waals surface area contributed by atoms with Crippen molar-refractivity contribution in [3.05, 3.63) is 0 Å². The van der Waals surface area contributed by atoms with E-state index in [-0.39, 0.29) is 6.54 Å². The van der Waals surface area contributed by atoms with Crippen LogP contribution in [-0.4, -0.2) is 59.9 Å². The van der Waals surface area contributed by atoms with E-state index in [2.05, 4.69) is 17.1 Å². The molecule has 20 heavy (non-hydrogen) atoms. The molecule has 0 spiro atoms. The molecule has 1 aliphatic heterocycles. The molecule has 2 saturated carbocycles. The number of carboxylic acid groups (broad SMARTS) is 1. The van der Waals surface area contributed by atoms with Crippen LogP contribution in [0, 0.1) is 5.92 Å². The highest BCUT2D eigenvalue weighted by atomic mass is 16.5. The van der Waals surface area contributed by atoms with Gasteiger partial charge in [0, 0.05) is 31.3 Å². The number of aliphatic carboxylic acids is 1. The van der Waals surface area contributed by atoms with Gasteiger partial charge in [0.25, 0.3) is 0 Å². The lowest BCUT2D eigenvalue weighted by molar-refractivity contribution is -0.139. The van der Waals surface area contributed by atoms with Gasteiger partial charge in [-0.25, -0.2) is 0 Å². The fourth-order valence-corrected chi connectivity index (χ4v) is 3.42. The monoisotopic (exact) mass is 282 g/mol. The Morgan fingerprint density at radius 3 is 2.65 bits per heavy atom. The molecule has 5 nitrogen and oxygen atoms in total. The zero-order valence-electron chi connectivity index (χ0n) is 12.3. The molecule has 0 aromatic heterocycles. The third-order valence-corrected chi connectivity index (χ3v) is 4.98. The number of carbonyl (C=O) groups is 1. The minimum atomic E-state index is -0.695. The Morgan fingerprint density at radius 1 is 1.35 bits per heavy atom. The average Bonchev–Trinajstić information content (AvgIpc) is 3.04. The van der Waals surface area contributed by atoms with E-state index in [0.29, 0.717) is 24.2 Å². The van der Waals surface area contributed by atoms with Crippen molar-refractivity contribution in [3.63, 3.8) is 0 Å². The molecule has 3 rings (SSSR count). The van der Waals surface area contributed by atoms with Gasteiger partial charge in [0.05, 0.1) is 12.6 Å². The molecule has 2 atom stereocenters. The van der Waals surface area contributed by atoms with Crippen LogP contribution in [0.25, 0.3) is 0 Å². The summed E-state index contributed by atoms with van der Waals surface area (Å²) in [5.74, 6) is 0.0597. The van der Waals surface area contributed by atoms with Gasteiger partial charge in [0.1, 0.15) is 0 Å². The van der Waals surface area contributed by atoms with Gasteiger partial charge in [-0.05, 0) is 44.9 Å². The van der Waals surface area contributed by atoms with Crippen LogP contribution in [0.5, 0.6) is 0 Å². The fraction of sp³-hybridized carbons (Fsp3) is 0.933. The summed E-state index contributed by atoms with van der Waals surface area (Å²) in [6, 6.07) is 1.49. The van der Waals surface area contributed by atoms with Gasteiger partial charge in [-0.2, -0.15) is 0 Å². The van der Waals surface area contributed by atoms with Gasteiger partial charge < -0.3 is 15.2 Å². The van der Waals surface area contributed by atoms with Crippen LogP contribution < -0.4 is 5.32 Å². The second-order valence-corrected chi connectivity index (χ2v) is 6.73. The quantitative estimate of drug-likeness (QED) is 0.732. The summed E-state index contributed by atoms with van der Waals surface area (Å²) in [4.78, 5) is 13.2. The van der Waals surface area contributed by atoms with Crippen LogP contribution in [0.4, 0.5) is 0 Å². The molecule has 0 aromatic rings. The van der Waals surface area contributed by atoms with Crippen molar-refractivity contribution in [2.45, 2.75) is 63.3 Å². The van der Waals surface area contributed by atoms with Gasteiger partial charge in [-0.1, -0.05) is 0 Å². The van der Waals surface area contributed by atoms with Gasteiger partial charge >= 0.3 is 5.97 Å². The summed E-state index contributed by atoms with van der Waals surface area (Å²) in [5, 5.41) is 12.7. The molecule has 0 amide bonds. The Labute approximate surface area is 120 Å². The number of nitrogens with zero attached hydrogens (tertiary/aromatic N) is 1. The predicted octanol–water partition coefficient (Wildman–Crippen LogP) is 1.08. The van der Waals surface area contributed by atoms with Crippen LogP contribution in [0.15, 0.2) is 0 Å². The zero-order valence-corrected chi connectivity index (χ0v) is 12.3. The van der Waals surface area contributed by atoms with Crippen molar-refractivity contribution in [3.8, 4) is 0 Å². The third-order valence-electron chi connectivity index (χ3n) is 4.98. The maximum atomic E-state index is 11.0. The number of hydrogen-bond donors (Lipinski definition) is 2. The number of hydrogen-bond acceptors (Lipinski definition) is 4. The third kappa shape index (κ3) is 3.51. The lowest BCUT2D eigenvalue weighted by Crippen LogP contribution is -2.56. The van der Waals surface area contributed by atoms with Crippen LogP contribution in [0.2, 0.25) is 0 Å². The first kappa shape index (κ1) is 14.3. The molecule has 1 saturated heterocycles. The largest absolute Gasteiger partial charge is 0.480 e. The number of nitrogens with one attached hydrogen (secondary N) is 1. The Kier molecular flexibility index (Phi) is 4.29. The molecule has 0 radical (unpaired) electrons. The lowest BCUT2D eigenvalue weighted by atomic mass is 9.84. The van der Waals surface area contributed by atoms with Gasteiger partial charge in [0.15, 0.2) is 0 Å². The van der Waals surface area contributed by atoms with Crippen LogP contribution in [-0.2, 0) is 9.53 Å². The van der Waals surface area contributed by atoms with Crippen molar-refractivity contribution >= 4 is 5.97 Å². The van der Waals surface area contributed by atoms with Crippen LogP contribution >= 0.6 is 0 Å². The molecule has 5 heteroatoms. The summed E-state index contributed by atoms with van der Waals surface area (Å²) < 4.78 is 5.57. The lowest BCUT2D eigenvalue weighted by Gasteiger charge is -2.44. The van der Waals surface area contributed by atoms with Crippen molar-refractivity contribution in [1.82, 2.24) is 10.2 Å². The van der Waals surface area contributed by atoms with E-state index in [1.54, 1.807) is 0 Å². The zero-order chi connectivity index (χ0) is 14.1. The molecule has 0 bridgehead atoms. The Morgan fingerprint density at radius 2 is 2.10 bits per heavy atom. The van der Waals surface area contributed by atoms with Gasteiger partial charge in [-0.15, -0.1) is 0 Å². The summed E-state index contributed by atoms with van der Waals surface area (Å²) >= 11 is 0. The number of carboxylic acids is 1. The van der Waals surface area contributed by atoms with E-state index in [1.807, 2.05) is 0 Å². The van der Waals surface area contributed by atoms with E-state index in [4.69, 9.17) is 9.84 Å². The summed E-state index contributed by atoms with van der Waals surface area (Å²) in [6.45, 7) is 4.18. The Bertz CT molecular complexity index is 353. The Hall–Kier alpha value is -0.650. The maximum absolute atomic E-state index is 11.0. The van der Waals surface area contributed by atoms with E-state index in [0.717, 1.165) is 38.3 Å². The SMILES string of the molecule is CC1OCCC1NC1CC(N(CC(=O)O)CC2CC2)C1. The van der Waals surface area contributed by atoms with Crippen molar-refractivity contribution in [2.75, 3.05) is 19.7 Å². The molecule has 2 aliphatic carbocycles. The first-order valence-corrected chi connectivity index (χ1v) is 7.95. The first-order valence-electron chi connectivity index (χ1n) is 7.95. The molecule has 114 valence electrons. The Balaban J connectivity index is 1.43. The molecule has 3 aliphatic rings. The first-order chi connectivity index (χ1) is 9.61. The van der Waals surface area contributed by atoms with Crippen molar-refractivity contribution in [1.29, 1.82) is 0 Å². The maximum Gasteiger partial charge on any atom is 0.317 e. The van der Waals surface area contributed by atoms with E-state index >= 15 is 0 Å². The van der Waals surface area contributed by atoms with Crippen LogP contribution in [0.1, 0.15) is 39.0 Å². The molecule has 1 heterocycles. The van der Waals surface area contributed by atoms with E-state index in [1.165, 1.54) is 12.8 Å². The minimum Gasteiger partial charge on any atom is -0.480 e. The highest BCUT2D eigenvalue weighted by molar-refractivity contribution is 5.69. The van der Waals surface area contributed by atoms with Crippen molar-refractivity contribution in [2.24, 2.45) is 5.92 Å². The molecular formula is C15H26N2O3. The van der Waals surface area contributed by atoms with E-state index < -0.39 is 5.97 Å². The predicted molar refractivity (Wildman–Crippen MR) is 75.7 cm³/mol. The molecule has 2 N–H and O–H groups in total. The second kappa shape index (κ2) is 6.00. The smallest absolute Gasteiger partial charge is 0.317 e. The highest BCUT2D eigenvalue weighted by Gasteiger charge is 2.38. The number of rotatable bonds is 7. The number of ether oxygens (including phenoxy) is 1. The second-order valence-electron chi connectivity index (χ2n) is 6.73. The molecule has 2 unspecified atom stereocenters. The van der Waals surface area contributed by atoms with Crippen LogP contribution in [0.3, 0.4) is 0 Å². The topological polar surface area (TPSA) is 61.8 Å². The molecule has 0 aromatic carbocycles.